The molecule has 1 amide bonds. The summed E-state index contributed by atoms with van der Waals surface area (Å²) in [7, 11) is 0. The number of aromatic amines is 1. The Balaban J connectivity index is 1.64. The summed E-state index contributed by atoms with van der Waals surface area (Å²) in [6.45, 7) is 2.42. The number of nitrogens with one attached hydrogen (secondary N) is 1. The van der Waals surface area contributed by atoms with Crippen molar-refractivity contribution in [2.45, 2.75) is 44.3 Å². The lowest BCUT2D eigenvalue weighted by atomic mass is 9.93. The minimum atomic E-state index is -4.33. The number of halogens is 3. The molecule has 8 heteroatoms. The maximum atomic E-state index is 12.5. The van der Waals surface area contributed by atoms with Gasteiger partial charge in [0.15, 0.2) is 0 Å². The Labute approximate surface area is 132 Å². The lowest BCUT2D eigenvalue weighted by molar-refractivity contribution is -0.159. The molecule has 1 aromatic heterocycles. The highest BCUT2D eigenvalue weighted by atomic mass is 19.4. The Morgan fingerprint density at radius 2 is 2.13 bits per heavy atom. The molecule has 0 saturated carbocycles. The first-order valence-corrected chi connectivity index (χ1v) is 7.95. The van der Waals surface area contributed by atoms with E-state index in [4.69, 9.17) is 0 Å². The number of nitrogens with zero attached hydrogens (tertiary/aromatic N) is 3. The fourth-order valence-corrected chi connectivity index (χ4v) is 3.61. The van der Waals surface area contributed by atoms with E-state index < -0.39 is 18.8 Å². The topological polar surface area (TPSA) is 52.2 Å². The third kappa shape index (κ3) is 3.68. The van der Waals surface area contributed by atoms with Gasteiger partial charge >= 0.3 is 6.18 Å². The van der Waals surface area contributed by atoms with Crippen LogP contribution in [0.15, 0.2) is 6.07 Å². The number of hydrogen-bond donors (Lipinski definition) is 1. The van der Waals surface area contributed by atoms with Crippen molar-refractivity contribution in [1.82, 2.24) is 20.0 Å². The summed E-state index contributed by atoms with van der Waals surface area (Å²) in [5.41, 5.74) is 1.97. The van der Waals surface area contributed by atoms with Crippen LogP contribution >= 0.6 is 0 Å². The van der Waals surface area contributed by atoms with Crippen molar-refractivity contribution in [2.75, 3.05) is 26.2 Å². The molecule has 0 aromatic carbocycles. The minimum Gasteiger partial charge on any atom is -0.332 e. The zero-order valence-electron chi connectivity index (χ0n) is 13.1. The van der Waals surface area contributed by atoms with E-state index in [-0.39, 0.29) is 18.4 Å². The van der Waals surface area contributed by atoms with Crippen molar-refractivity contribution in [3.63, 3.8) is 0 Å². The predicted octanol–water partition coefficient (Wildman–Crippen LogP) is 2.06. The molecule has 5 nitrogen and oxygen atoms in total. The van der Waals surface area contributed by atoms with E-state index in [0.29, 0.717) is 13.0 Å². The van der Waals surface area contributed by atoms with Gasteiger partial charge in [0.2, 0.25) is 5.91 Å². The molecule has 2 aliphatic heterocycles. The molecular formula is C15H21F3N4O. The fourth-order valence-electron chi connectivity index (χ4n) is 3.61. The summed E-state index contributed by atoms with van der Waals surface area (Å²) < 4.78 is 37.5. The number of rotatable bonds is 3. The second-order valence-electron chi connectivity index (χ2n) is 6.49. The van der Waals surface area contributed by atoms with Gasteiger partial charge in [0.25, 0.3) is 0 Å². The zero-order chi connectivity index (χ0) is 16.6. The van der Waals surface area contributed by atoms with Crippen LogP contribution < -0.4 is 0 Å². The summed E-state index contributed by atoms with van der Waals surface area (Å²) in [4.78, 5) is 15.3. The molecule has 23 heavy (non-hydrogen) atoms. The lowest BCUT2D eigenvalue weighted by Crippen LogP contribution is -2.47. The van der Waals surface area contributed by atoms with Crippen molar-refractivity contribution < 1.29 is 18.0 Å². The van der Waals surface area contributed by atoms with Gasteiger partial charge in [-0.25, -0.2) is 0 Å². The Kier molecular flexibility index (Phi) is 4.35. The standard InChI is InChI=1S/C15H21F3N4O/c1-10-7-12(20-19-10)11-3-2-5-21(8-11)13-4-6-22(14(13)23)9-15(16,17)18/h7,11,13H,2-6,8-9H2,1H3,(H,19,20)/t11-,13-/m1/s1. The summed E-state index contributed by atoms with van der Waals surface area (Å²) >= 11 is 0. The van der Waals surface area contributed by atoms with E-state index in [1.807, 2.05) is 17.9 Å². The Hall–Kier alpha value is -1.57. The summed E-state index contributed by atoms with van der Waals surface area (Å²) in [6, 6.07) is 1.58. The largest absolute Gasteiger partial charge is 0.406 e. The summed E-state index contributed by atoms with van der Waals surface area (Å²) in [6.07, 6.45) is -1.93. The number of aromatic nitrogens is 2. The van der Waals surface area contributed by atoms with Crippen LogP contribution in [0.4, 0.5) is 13.2 Å². The monoisotopic (exact) mass is 330 g/mol. The van der Waals surface area contributed by atoms with Crippen LogP contribution in [0.3, 0.4) is 0 Å². The quantitative estimate of drug-likeness (QED) is 0.923. The molecule has 0 unspecified atom stereocenters. The minimum absolute atomic E-state index is 0.186. The number of H-pyrrole nitrogens is 1. The van der Waals surface area contributed by atoms with Crippen LogP contribution in [0.2, 0.25) is 0 Å². The highest BCUT2D eigenvalue weighted by Crippen LogP contribution is 2.30. The molecule has 0 radical (unpaired) electrons. The highest BCUT2D eigenvalue weighted by molar-refractivity contribution is 5.84. The Morgan fingerprint density at radius 1 is 1.35 bits per heavy atom. The van der Waals surface area contributed by atoms with E-state index in [0.717, 1.165) is 35.7 Å². The Morgan fingerprint density at radius 3 is 2.78 bits per heavy atom. The molecule has 2 atom stereocenters. The van der Waals surface area contributed by atoms with Gasteiger partial charge in [0.05, 0.1) is 11.7 Å². The van der Waals surface area contributed by atoms with Gasteiger partial charge in [0, 0.05) is 24.7 Å². The third-order valence-electron chi connectivity index (χ3n) is 4.68. The van der Waals surface area contributed by atoms with Gasteiger partial charge < -0.3 is 4.90 Å². The van der Waals surface area contributed by atoms with Gasteiger partial charge in [-0.2, -0.15) is 18.3 Å². The predicted molar refractivity (Wildman–Crippen MR) is 77.9 cm³/mol. The van der Waals surface area contributed by atoms with Crippen LogP contribution in [0.25, 0.3) is 0 Å². The second-order valence-corrected chi connectivity index (χ2v) is 6.49. The molecule has 3 rings (SSSR count). The van der Waals surface area contributed by atoms with Crippen LogP contribution in [0.1, 0.15) is 36.6 Å². The maximum Gasteiger partial charge on any atom is 0.406 e. The molecule has 0 spiro atoms. The van der Waals surface area contributed by atoms with E-state index in [2.05, 4.69) is 10.2 Å². The normalized spacial score (nSPS) is 27.0. The van der Waals surface area contributed by atoms with Gasteiger partial charge in [0.1, 0.15) is 6.54 Å². The van der Waals surface area contributed by atoms with Gasteiger partial charge in [-0.15, -0.1) is 0 Å². The lowest BCUT2D eigenvalue weighted by Gasteiger charge is -2.35. The van der Waals surface area contributed by atoms with E-state index in [1.165, 1.54) is 0 Å². The van der Waals surface area contributed by atoms with Gasteiger partial charge in [-0.1, -0.05) is 0 Å². The number of alkyl halides is 3. The number of hydrogen-bond acceptors (Lipinski definition) is 3. The number of aryl methyl sites for hydroxylation is 1. The van der Waals surface area contributed by atoms with Crippen LogP contribution in [-0.4, -0.2) is 64.3 Å². The molecule has 1 N–H and O–H groups in total. The SMILES string of the molecule is Cc1cc([C@@H]2CCCN([C@@H]3CCN(CC(F)(F)F)C3=O)C2)n[nH]1. The first kappa shape index (κ1) is 16.3. The van der Waals surface area contributed by atoms with Crippen LogP contribution in [0, 0.1) is 6.92 Å². The van der Waals surface area contributed by atoms with Crippen molar-refractivity contribution in [3.05, 3.63) is 17.5 Å². The number of carbonyl (C=O) groups is 1. The molecule has 1 aromatic rings. The molecule has 2 aliphatic rings. The van der Waals surface area contributed by atoms with Crippen molar-refractivity contribution >= 4 is 5.91 Å². The van der Waals surface area contributed by atoms with Gasteiger partial charge in [-0.3, -0.25) is 14.8 Å². The number of carbonyl (C=O) groups excluding carboxylic acids is 1. The first-order chi connectivity index (χ1) is 10.8. The average molecular weight is 330 g/mol. The molecule has 0 aliphatic carbocycles. The van der Waals surface area contributed by atoms with Gasteiger partial charge in [-0.05, 0) is 38.8 Å². The molecule has 2 fully saturated rings. The van der Waals surface area contributed by atoms with E-state index in [9.17, 15) is 18.0 Å². The highest BCUT2D eigenvalue weighted by Gasteiger charge is 2.42. The molecule has 128 valence electrons. The van der Waals surface area contributed by atoms with Crippen molar-refractivity contribution in [1.29, 1.82) is 0 Å². The number of amides is 1. The van der Waals surface area contributed by atoms with Crippen molar-refractivity contribution in [2.24, 2.45) is 0 Å². The zero-order valence-corrected chi connectivity index (χ0v) is 13.1. The molecule has 2 saturated heterocycles. The Bertz CT molecular complexity index is 571. The van der Waals surface area contributed by atoms with E-state index in [1.54, 1.807) is 0 Å². The molecule has 3 heterocycles. The number of likely N-dealkylation sites (tertiary alicyclic amines) is 2. The summed E-state index contributed by atoms with van der Waals surface area (Å²) in [5, 5.41) is 7.21. The van der Waals surface area contributed by atoms with Crippen LogP contribution in [-0.2, 0) is 4.79 Å². The summed E-state index contributed by atoms with van der Waals surface area (Å²) in [5.74, 6) is -0.153. The molecule has 0 bridgehead atoms. The number of piperidine rings is 1. The smallest absolute Gasteiger partial charge is 0.332 e. The van der Waals surface area contributed by atoms with Crippen molar-refractivity contribution in [3.8, 4) is 0 Å². The maximum absolute atomic E-state index is 12.5. The first-order valence-electron chi connectivity index (χ1n) is 7.95. The molecular weight excluding hydrogens is 309 g/mol. The third-order valence-corrected chi connectivity index (χ3v) is 4.68. The van der Waals surface area contributed by atoms with Crippen LogP contribution in [0.5, 0.6) is 0 Å². The second kappa shape index (κ2) is 6.14. The average Bonchev–Trinajstić information content (AvgIpc) is 3.05. The fraction of sp³-hybridized carbons (Fsp3) is 0.733. The van der Waals surface area contributed by atoms with E-state index >= 15 is 0 Å².